The zero-order valence-corrected chi connectivity index (χ0v) is 11.3. The summed E-state index contributed by atoms with van der Waals surface area (Å²) in [5.41, 5.74) is -0.363. The summed E-state index contributed by atoms with van der Waals surface area (Å²) < 4.78 is 5.34. The van der Waals surface area contributed by atoms with Crippen LogP contribution in [0.4, 0.5) is 0 Å². The van der Waals surface area contributed by atoms with Gasteiger partial charge in [-0.1, -0.05) is 0 Å². The van der Waals surface area contributed by atoms with Crippen LogP contribution in [-0.2, 0) is 9.53 Å². The Balaban J connectivity index is 2.27. The Labute approximate surface area is 105 Å². The summed E-state index contributed by atoms with van der Waals surface area (Å²) >= 11 is 0. The van der Waals surface area contributed by atoms with Gasteiger partial charge in [-0.25, -0.2) is 0 Å². The van der Waals surface area contributed by atoms with E-state index >= 15 is 0 Å². The summed E-state index contributed by atoms with van der Waals surface area (Å²) in [6, 6.07) is 0. The Bertz CT molecular complexity index is 285. The van der Waals surface area contributed by atoms with Crippen molar-refractivity contribution in [1.29, 1.82) is 0 Å². The van der Waals surface area contributed by atoms with Crippen molar-refractivity contribution in [2.75, 3.05) is 0 Å². The SMILES string of the molecule is C#CCC1CCC(CC(=O)OC(C)(C)C)CC1. The third kappa shape index (κ3) is 5.77. The second kappa shape index (κ2) is 6.10. The first-order valence-corrected chi connectivity index (χ1v) is 6.56. The maximum Gasteiger partial charge on any atom is 0.306 e. The van der Waals surface area contributed by atoms with Gasteiger partial charge in [0.25, 0.3) is 0 Å². The van der Waals surface area contributed by atoms with E-state index in [0.717, 1.165) is 32.1 Å². The lowest BCUT2D eigenvalue weighted by molar-refractivity contribution is -0.156. The fourth-order valence-electron chi connectivity index (χ4n) is 2.43. The molecule has 0 radical (unpaired) electrons. The largest absolute Gasteiger partial charge is 0.460 e. The third-order valence-corrected chi connectivity index (χ3v) is 3.25. The molecule has 0 aromatic carbocycles. The Morgan fingerprint density at radius 2 is 1.76 bits per heavy atom. The van der Waals surface area contributed by atoms with Crippen molar-refractivity contribution in [3.8, 4) is 12.3 Å². The lowest BCUT2D eigenvalue weighted by Crippen LogP contribution is -2.26. The highest BCUT2D eigenvalue weighted by Gasteiger charge is 2.25. The smallest absolute Gasteiger partial charge is 0.306 e. The minimum atomic E-state index is -0.363. The van der Waals surface area contributed by atoms with E-state index in [1.165, 1.54) is 0 Å². The molecule has 0 unspecified atom stereocenters. The molecule has 1 saturated carbocycles. The minimum Gasteiger partial charge on any atom is -0.460 e. The van der Waals surface area contributed by atoms with Crippen LogP contribution in [0.2, 0.25) is 0 Å². The normalized spacial score (nSPS) is 25.1. The molecule has 0 amide bonds. The zero-order chi connectivity index (χ0) is 12.9. The highest BCUT2D eigenvalue weighted by atomic mass is 16.6. The van der Waals surface area contributed by atoms with Gasteiger partial charge in [0, 0.05) is 12.8 Å². The van der Waals surface area contributed by atoms with E-state index in [0.29, 0.717) is 18.3 Å². The molecule has 0 saturated heterocycles. The van der Waals surface area contributed by atoms with Crippen LogP contribution in [-0.4, -0.2) is 11.6 Å². The molecule has 0 aromatic rings. The molecule has 0 N–H and O–H groups in total. The quantitative estimate of drug-likeness (QED) is 0.553. The van der Waals surface area contributed by atoms with Crippen LogP contribution in [0.1, 0.15) is 59.3 Å². The van der Waals surface area contributed by atoms with Gasteiger partial charge in [0.15, 0.2) is 0 Å². The molecule has 0 aliphatic heterocycles. The van der Waals surface area contributed by atoms with Crippen molar-refractivity contribution >= 4 is 5.97 Å². The van der Waals surface area contributed by atoms with E-state index in [-0.39, 0.29) is 11.6 Å². The predicted octanol–water partition coefficient (Wildman–Crippen LogP) is 3.55. The first kappa shape index (κ1) is 14.1. The maximum atomic E-state index is 11.7. The maximum absolute atomic E-state index is 11.7. The van der Waals surface area contributed by atoms with Crippen molar-refractivity contribution in [3.05, 3.63) is 0 Å². The molecule has 1 fully saturated rings. The zero-order valence-electron chi connectivity index (χ0n) is 11.3. The van der Waals surface area contributed by atoms with Crippen molar-refractivity contribution < 1.29 is 9.53 Å². The van der Waals surface area contributed by atoms with Gasteiger partial charge in [0.2, 0.25) is 0 Å². The van der Waals surface area contributed by atoms with Gasteiger partial charge in [-0.15, -0.1) is 12.3 Å². The molecule has 2 heteroatoms. The molecule has 96 valence electrons. The van der Waals surface area contributed by atoms with Gasteiger partial charge < -0.3 is 4.74 Å². The average Bonchev–Trinajstić information content (AvgIpc) is 2.18. The van der Waals surface area contributed by atoms with E-state index in [2.05, 4.69) is 5.92 Å². The number of carbonyl (C=O) groups is 1. The van der Waals surface area contributed by atoms with Gasteiger partial charge in [-0.3, -0.25) is 4.79 Å². The van der Waals surface area contributed by atoms with Gasteiger partial charge in [0.1, 0.15) is 5.60 Å². The van der Waals surface area contributed by atoms with Crippen LogP contribution in [0.25, 0.3) is 0 Å². The summed E-state index contributed by atoms with van der Waals surface area (Å²) in [7, 11) is 0. The van der Waals surface area contributed by atoms with Crippen molar-refractivity contribution in [2.45, 2.75) is 64.9 Å². The summed E-state index contributed by atoms with van der Waals surface area (Å²) in [6.45, 7) is 5.73. The number of carbonyl (C=O) groups excluding carboxylic acids is 1. The number of rotatable bonds is 3. The monoisotopic (exact) mass is 236 g/mol. The molecular formula is C15H24O2. The first-order chi connectivity index (χ1) is 7.90. The Morgan fingerprint density at radius 1 is 1.24 bits per heavy atom. The van der Waals surface area contributed by atoms with Crippen LogP contribution in [0.5, 0.6) is 0 Å². The van der Waals surface area contributed by atoms with Crippen molar-refractivity contribution in [2.24, 2.45) is 11.8 Å². The van der Waals surface area contributed by atoms with Crippen LogP contribution in [0.3, 0.4) is 0 Å². The van der Waals surface area contributed by atoms with Gasteiger partial charge in [-0.2, -0.15) is 0 Å². The van der Waals surface area contributed by atoms with Gasteiger partial charge in [0.05, 0.1) is 0 Å². The molecule has 0 bridgehead atoms. The highest BCUT2D eigenvalue weighted by molar-refractivity contribution is 5.70. The summed E-state index contributed by atoms with van der Waals surface area (Å²) in [5, 5.41) is 0. The summed E-state index contributed by atoms with van der Waals surface area (Å²) in [5.74, 6) is 3.85. The van der Waals surface area contributed by atoms with Crippen molar-refractivity contribution in [1.82, 2.24) is 0 Å². The third-order valence-electron chi connectivity index (χ3n) is 3.25. The Morgan fingerprint density at radius 3 is 2.24 bits per heavy atom. The fourth-order valence-corrected chi connectivity index (χ4v) is 2.43. The Hall–Kier alpha value is -0.970. The molecule has 0 spiro atoms. The summed E-state index contributed by atoms with van der Waals surface area (Å²) in [6.07, 6.45) is 11.3. The van der Waals surface area contributed by atoms with Crippen molar-refractivity contribution in [3.63, 3.8) is 0 Å². The van der Waals surface area contributed by atoms with E-state index in [1.807, 2.05) is 20.8 Å². The second-order valence-electron chi connectivity index (χ2n) is 6.09. The topological polar surface area (TPSA) is 26.3 Å². The molecule has 17 heavy (non-hydrogen) atoms. The van der Waals surface area contributed by atoms with E-state index in [4.69, 9.17) is 11.2 Å². The standard InChI is InChI=1S/C15H24O2/c1-5-6-12-7-9-13(10-8-12)11-14(16)17-15(2,3)4/h1,12-13H,6-11H2,2-4H3. The summed E-state index contributed by atoms with van der Waals surface area (Å²) in [4.78, 5) is 11.7. The van der Waals surface area contributed by atoms with E-state index < -0.39 is 0 Å². The number of ether oxygens (including phenoxy) is 1. The molecule has 1 rings (SSSR count). The molecule has 1 aliphatic rings. The number of hydrogen-bond acceptors (Lipinski definition) is 2. The molecular weight excluding hydrogens is 212 g/mol. The first-order valence-electron chi connectivity index (χ1n) is 6.56. The van der Waals surface area contributed by atoms with Crippen LogP contribution >= 0.6 is 0 Å². The fraction of sp³-hybridized carbons (Fsp3) is 0.800. The molecule has 0 atom stereocenters. The average molecular weight is 236 g/mol. The number of hydrogen-bond donors (Lipinski definition) is 0. The predicted molar refractivity (Wildman–Crippen MR) is 69.4 cm³/mol. The minimum absolute atomic E-state index is 0.0575. The molecule has 1 aliphatic carbocycles. The number of esters is 1. The van der Waals surface area contributed by atoms with Crippen LogP contribution < -0.4 is 0 Å². The van der Waals surface area contributed by atoms with Gasteiger partial charge in [-0.05, 0) is 58.3 Å². The molecule has 0 aromatic heterocycles. The number of terminal acetylenes is 1. The Kier molecular flexibility index (Phi) is 5.05. The van der Waals surface area contributed by atoms with Crippen LogP contribution in [0, 0.1) is 24.2 Å². The van der Waals surface area contributed by atoms with Gasteiger partial charge >= 0.3 is 5.97 Å². The lowest BCUT2D eigenvalue weighted by Gasteiger charge is -2.28. The molecule has 2 nitrogen and oxygen atoms in total. The van der Waals surface area contributed by atoms with Crippen LogP contribution in [0.15, 0.2) is 0 Å². The highest BCUT2D eigenvalue weighted by Crippen LogP contribution is 2.32. The molecule has 0 heterocycles. The lowest BCUT2D eigenvalue weighted by atomic mass is 9.79. The second-order valence-corrected chi connectivity index (χ2v) is 6.09. The van der Waals surface area contributed by atoms with E-state index in [9.17, 15) is 4.79 Å². The van der Waals surface area contributed by atoms with E-state index in [1.54, 1.807) is 0 Å².